The smallest absolute Gasteiger partial charge is 0.280 e. The van der Waals surface area contributed by atoms with Crippen LogP contribution in [0.25, 0.3) is 0 Å². The Bertz CT molecular complexity index is 1660. The number of piperidine rings is 2. The van der Waals surface area contributed by atoms with Crippen LogP contribution in [0.3, 0.4) is 0 Å². The molecule has 11 heteroatoms. The van der Waals surface area contributed by atoms with Gasteiger partial charge < -0.3 is 20.5 Å². The predicted octanol–water partition coefficient (Wildman–Crippen LogP) is 3.81. The molecule has 0 aliphatic carbocycles. The van der Waals surface area contributed by atoms with Crippen molar-refractivity contribution in [2.24, 2.45) is 5.92 Å². The number of rotatable bonds is 8. The lowest BCUT2D eigenvalue weighted by atomic mass is 9.79. The van der Waals surface area contributed by atoms with Crippen LogP contribution in [-0.2, 0) is 17.9 Å². The van der Waals surface area contributed by atoms with E-state index < -0.39 is 17.0 Å². The number of nitrogens with two attached hydrogens (primary N) is 1. The van der Waals surface area contributed by atoms with Crippen molar-refractivity contribution >= 4 is 11.6 Å². The Morgan fingerprint density at radius 2 is 1.80 bits per heavy atom. The first-order chi connectivity index (χ1) is 21.8. The summed E-state index contributed by atoms with van der Waals surface area (Å²) in [6.07, 6.45) is 6.32. The van der Waals surface area contributed by atoms with E-state index in [0.717, 1.165) is 37.2 Å². The number of nitrogen functional groups attached to an aromatic ring is 1. The summed E-state index contributed by atoms with van der Waals surface area (Å²) in [5.41, 5.74) is 6.37. The number of carbonyl (C=O) groups is 1. The molecular formula is C34H37FN6O4. The van der Waals surface area contributed by atoms with Crippen LogP contribution in [0.2, 0.25) is 0 Å². The van der Waals surface area contributed by atoms with Crippen LogP contribution < -0.4 is 16.0 Å². The van der Waals surface area contributed by atoms with E-state index in [1.54, 1.807) is 6.20 Å². The Kier molecular flexibility index (Phi) is 8.90. The third-order valence-corrected chi connectivity index (χ3v) is 8.91. The van der Waals surface area contributed by atoms with Gasteiger partial charge in [-0.2, -0.15) is 0 Å². The topological polar surface area (TPSA) is 127 Å². The maximum atomic E-state index is 14.0. The average molecular weight is 613 g/mol. The Morgan fingerprint density at radius 1 is 1.04 bits per heavy atom. The summed E-state index contributed by atoms with van der Waals surface area (Å²) in [6.45, 7) is 3.12. The second-order valence-corrected chi connectivity index (χ2v) is 12.0. The number of ether oxygens (including phenoxy) is 1. The van der Waals surface area contributed by atoms with E-state index in [1.807, 2.05) is 35.4 Å². The largest absolute Gasteiger partial charge is 0.437 e. The van der Waals surface area contributed by atoms with E-state index in [9.17, 15) is 19.1 Å². The molecule has 2 aromatic heterocycles. The van der Waals surface area contributed by atoms with E-state index in [-0.39, 0.29) is 41.6 Å². The Morgan fingerprint density at radius 3 is 2.51 bits per heavy atom. The van der Waals surface area contributed by atoms with Gasteiger partial charge in [-0.15, -0.1) is 0 Å². The minimum Gasteiger partial charge on any atom is -0.437 e. The van der Waals surface area contributed by atoms with Crippen molar-refractivity contribution in [2.75, 3.05) is 31.9 Å². The van der Waals surface area contributed by atoms with Gasteiger partial charge >= 0.3 is 0 Å². The van der Waals surface area contributed by atoms with Gasteiger partial charge in [0.2, 0.25) is 11.8 Å². The fourth-order valence-corrected chi connectivity index (χ4v) is 6.40. The molecule has 6 rings (SSSR count). The number of anilines is 1. The van der Waals surface area contributed by atoms with Gasteiger partial charge in [0.05, 0.1) is 12.1 Å². The second kappa shape index (κ2) is 13.2. The molecule has 3 N–H and O–H groups in total. The summed E-state index contributed by atoms with van der Waals surface area (Å²) in [7, 11) is 0. The van der Waals surface area contributed by atoms with E-state index in [1.165, 1.54) is 35.2 Å². The van der Waals surface area contributed by atoms with Gasteiger partial charge in [0.1, 0.15) is 17.9 Å². The van der Waals surface area contributed by atoms with Crippen LogP contribution in [0.5, 0.6) is 11.6 Å². The summed E-state index contributed by atoms with van der Waals surface area (Å²) in [5.74, 6) is -0.223. The van der Waals surface area contributed by atoms with Gasteiger partial charge in [-0.3, -0.25) is 24.0 Å². The lowest BCUT2D eigenvalue weighted by Gasteiger charge is -2.43. The Balaban J connectivity index is 1.10. The fraction of sp³-hybridized carbons (Fsp3) is 0.353. The minimum absolute atomic E-state index is 0.0126. The molecular weight excluding hydrogens is 575 g/mol. The van der Waals surface area contributed by atoms with Crippen molar-refractivity contribution in [3.05, 3.63) is 113 Å². The molecule has 0 radical (unpaired) electrons. The molecule has 1 amide bonds. The Hall–Kier alpha value is -4.61. The number of aromatic nitrogens is 3. The molecule has 2 aliphatic rings. The quantitative estimate of drug-likeness (QED) is 0.308. The number of benzene rings is 2. The second-order valence-electron chi connectivity index (χ2n) is 12.0. The molecule has 4 heterocycles. The number of aliphatic hydroxyl groups is 1. The molecule has 2 fully saturated rings. The molecule has 4 aromatic rings. The maximum Gasteiger partial charge on any atom is 0.280 e. The van der Waals surface area contributed by atoms with Gasteiger partial charge in [0.15, 0.2) is 5.69 Å². The molecule has 0 unspecified atom stereocenters. The number of carbonyl (C=O) groups excluding carboxylic acids is 1. The summed E-state index contributed by atoms with van der Waals surface area (Å²) < 4.78 is 20.0. The summed E-state index contributed by atoms with van der Waals surface area (Å²) in [5, 5.41) is 11.4. The summed E-state index contributed by atoms with van der Waals surface area (Å²) in [6, 6.07) is 19.5. The van der Waals surface area contributed by atoms with Gasteiger partial charge in [-0.05, 0) is 67.3 Å². The molecule has 2 saturated heterocycles. The summed E-state index contributed by atoms with van der Waals surface area (Å²) in [4.78, 5) is 39.7. The number of hydrogen-bond acceptors (Lipinski definition) is 8. The number of nitrogens with zero attached hydrogens (tertiary/aromatic N) is 5. The van der Waals surface area contributed by atoms with Crippen LogP contribution in [0.1, 0.15) is 36.3 Å². The zero-order valence-electron chi connectivity index (χ0n) is 25.0. The van der Waals surface area contributed by atoms with E-state index in [0.29, 0.717) is 25.9 Å². The Labute approximate surface area is 260 Å². The van der Waals surface area contributed by atoms with Gasteiger partial charge in [0.25, 0.3) is 5.56 Å². The first-order valence-corrected chi connectivity index (χ1v) is 15.2. The number of halogens is 1. The van der Waals surface area contributed by atoms with E-state index >= 15 is 0 Å². The minimum atomic E-state index is -1.21. The highest BCUT2D eigenvalue weighted by molar-refractivity contribution is 5.80. The molecule has 0 bridgehead atoms. The van der Waals surface area contributed by atoms with Gasteiger partial charge in [-0.25, -0.2) is 9.37 Å². The van der Waals surface area contributed by atoms with Crippen molar-refractivity contribution in [1.29, 1.82) is 0 Å². The third-order valence-electron chi connectivity index (χ3n) is 8.91. The van der Waals surface area contributed by atoms with Crippen molar-refractivity contribution in [3.63, 3.8) is 0 Å². The molecule has 2 atom stereocenters. The van der Waals surface area contributed by atoms with Gasteiger partial charge in [-0.1, -0.05) is 36.4 Å². The maximum absolute atomic E-state index is 14.0. The third kappa shape index (κ3) is 7.05. The first kappa shape index (κ1) is 30.4. The fourth-order valence-electron chi connectivity index (χ4n) is 6.40. The highest BCUT2D eigenvalue weighted by Crippen LogP contribution is 2.36. The number of pyridine rings is 1. The monoisotopic (exact) mass is 612 g/mol. The number of likely N-dealkylation sites (tertiary alicyclic amines) is 2. The SMILES string of the molecule is Nc1c(Oc2ccc(F)cc2)ncn(CC2(O)CCN(C(=O)[C@@H]3CCN(Cc4cccnc4)C[C@H]3c3ccccc3)CC2)c1=O. The lowest BCUT2D eigenvalue weighted by molar-refractivity contribution is -0.142. The molecule has 10 nitrogen and oxygen atoms in total. The number of amides is 1. The highest BCUT2D eigenvalue weighted by Gasteiger charge is 2.41. The first-order valence-electron chi connectivity index (χ1n) is 15.2. The zero-order chi connectivity index (χ0) is 31.4. The van der Waals surface area contributed by atoms with Crippen molar-refractivity contribution in [3.8, 4) is 11.6 Å². The molecule has 0 saturated carbocycles. The standard InChI is InChI=1S/C34H37FN6O4/c35-26-8-10-27(11-9-26)45-31-30(36)33(43)41(23-38-31)22-34(44)13-17-40(18-14-34)32(42)28-12-16-39(20-24-5-4-15-37-19-24)21-29(28)25-6-2-1-3-7-25/h1-11,15,19,23,28-29,44H,12-14,16-18,20-22,36H2/t28-,29+/m1/s1. The lowest BCUT2D eigenvalue weighted by Crippen LogP contribution is -2.53. The van der Waals surface area contributed by atoms with Crippen molar-refractivity contribution in [1.82, 2.24) is 24.3 Å². The van der Waals surface area contributed by atoms with Crippen LogP contribution >= 0.6 is 0 Å². The average Bonchev–Trinajstić information content (AvgIpc) is 3.06. The van der Waals surface area contributed by atoms with Crippen LogP contribution in [0.15, 0.2) is 90.2 Å². The van der Waals surface area contributed by atoms with E-state index in [2.05, 4.69) is 33.1 Å². The van der Waals surface area contributed by atoms with Crippen LogP contribution in [0, 0.1) is 11.7 Å². The van der Waals surface area contributed by atoms with Crippen molar-refractivity contribution < 1.29 is 19.0 Å². The molecule has 2 aliphatic heterocycles. The summed E-state index contributed by atoms with van der Waals surface area (Å²) >= 11 is 0. The van der Waals surface area contributed by atoms with Crippen LogP contribution in [-0.4, -0.2) is 67.1 Å². The van der Waals surface area contributed by atoms with Crippen molar-refractivity contribution in [2.45, 2.75) is 43.9 Å². The van der Waals surface area contributed by atoms with E-state index in [4.69, 9.17) is 10.5 Å². The molecule has 45 heavy (non-hydrogen) atoms. The normalized spacial score (nSPS) is 20.1. The highest BCUT2D eigenvalue weighted by atomic mass is 19.1. The molecule has 234 valence electrons. The van der Waals surface area contributed by atoms with Crippen LogP contribution in [0.4, 0.5) is 10.1 Å². The molecule has 0 spiro atoms. The predicted molar refractivity (Wildman–Crippen MR) is 167 cm³/mol. The zero-order valence-corrected chi connectivity index (χ0v) is 25.0. The van der Waals surface area contributed by atoms with Gasteiger partial charge in [0, 0.05) is 50.4 Å². The molecule has 2 aromatic carbocycles. The number of hydrogen-bond donors (Lipinski definition) is 2.